The van der Waals surface area contributed by atoms with Crippen LogP contribution in [0, 0.1) is 0 Å². The first-order valence-electron chi connectivity index (χ1n) is 12.2. The van der Waals surface area contributed by atoms with Crippen molar-refractivity contribution in [1.29, 1.82) is 0 Å². The predicted molar refractivity (Wildman–Crippen MR) is 137 cm³/mol. The Morgan fingerprint density at radius 2 is 1.77 bits per heavy atom. The van der Waals surface area contributed by atoms with Gasteiger partial charge in [-0.3, -0.25) is 9.48 Å². The number of piperazine rings is 1. The predicted octanol–water partition coefficient (Wildman–Crippen LogP) is 2.64. The van der Waals surface area contributed by atoms with Gasteiger partial charge in [0.2, 0.25) is 10.0 Å². The second-order valence-corrected chi connectivity index (χ2v) is 10.2. The molecule has 10 nitrogen and oxygen atoms in total. The van der Waals surface area contributed by atoms with Gasteiger partial charge in [-0.1, -0.05) is 27.2 Å². The fraction of sp³-hybridized carbons (Fsp3) is 0.542. The first-order chi connectivity index (χ1) is 16.8. The largest absolute Gasteiger partial charge is 0.493 e. The molecule has 0 atom stereocenters. The van der Waals surface area contributed by atoms with E-state index >= 15 is 0 Å². The van der Waals surface area contributed by atoms with Crippen LogP contribution >= 0.6 is 0 Å². The number of aromatic amines is 1. The van der Waals surface area contributed by atoms with Crippen molar-refractivity contribution < 1.29 is 13.2 Å². The highest BCUT2D eigenvalue weighted by atomic mass is 32.2. The lowest BCUT2D eigenvalue weighted by Gasteiger charge is -2.31. The molecular formula is C24H36N6O4S. The van der Waals surface area contributed by atoms with Gasteiger partial charge in [0.05, 0.1) is 22.8 Å². The third kappa shape index (κ3) is 5.41. The number of sulfonamides is 1. The maximum absolute atomic E-state index is 13.3. The summed E-state index contributed by atoms with van der Waals surface area (Å²) in [6.45, 7) is 10.5. The second-order valence-electron chi connectivity index (χ2n) is 8.23. The van der Waals surface area contributed by atoms with Crippen molar-refractivity contribution in [2.75, 3.05) is 39.8 Å². The summed E-state index contributed by atoms with van der Waals surface area (Å²) in [7, 11) is -0.00831. The highest BCUT2D eigenvalue weighted by Gasteiger charge is 2.29. The molecule has 3 aromatic rings. The number of aryl methyl sites for hydroxylation is 2. The molecule has 0 spiro atoms. The molecule has 3 heterocycles. The molecule has 0 radical (unpaired) electrons. The third-order valence-electron chi connectivity index (χ3n) is 5.86. The van der Waals surface area contributed by atoms with Crippen LogP contribution in [0.15, 0.2) is 27.9 Å². The molecule has 1 aromatic carbocycles. The highest BCUT2D eigenvalue weighted by Crippen LogP contribution is 2.32. The molecule has 1 aliphatic rings. The summed E-state index contributed by atoms with van der Waals surface area (Å²) in [5.41, 5.74) is 1.75. The zero-order valence-corrected chi connectivity index (χ0v) is 22.3. The molecule has 0 amide bonds. The number of ether oxygens (including phenoxy) is 1. The molecule has 4 rings (SSSR count). The highest BCUT2D eigenvalue weighted by molar-refractivity contribution is 7.89. The molecule has 11 heteroatoms. The Morgan fingerprint density at radius 1 is 1.09 bits per heavy atom. The fourth-order valence-electron chi connectivity index (χ4n) is 4.09. The first-order valence-corrected chi connectivity index (χ1v) is 13.6. The smallest absolute Gasteiger partial charge is 0.277 e. The lowest BCUT2D eigenvalue weighted by atomic mass is 10.1. The average Bonchev–Trinajstić information content (AvgIpc) is 3.16. The van der Waals surface area contributed by atoms with Crippen LogP contribution < -0.4 is 10.3 Å². The third-order valence-corrected chi connectivity index (χ3v) is 7.75. The summed E-state index contributed by atoms with van der Waals surface area (Å²) >= 11 is 0. The van der Waals surface area contributed by atoms with Gasteiger partial charge in [0.25, 0.3) is 5.56 Å². The van der Waals surface area contributed by atoms with Gasteiger partial charge in [-0.15, -0.1) is 0 Å². The van der Waals surface area contributed by atoms with E-state index in [1.807, 2.05) is 34.7 Å². The number of hydrogen-bond donors (Lipinski definition) is 1. The summed E-state index contributed by atoms with van der Waals surface area (Å²) < 4.78 is 35.4. The average molecular weight is 505 g/mol. The van der Waals surface area contributed by atoms with Crippen LogP contribution in [-0.2, 0) is 23.5 Å². The summed E-state index contributed by atoms with van der Waals surface area (Å²) in [6, 6.07) is 4.71. The van der Waals surface area contributed by atoms with Crippen LogP contribution in [0.4, 0.5) is 0 Å². The van der Waals surface area contributed by atoms with Gasteiger partial charge in [0.1, 0.15) is 17.1 Å². The minimum absolute atomic E-state index is 0.147. The van der Waals surface area contributed by atoms with Crippen LogP contribution in [0.3, 0.4) is 0 Å². The topological polar surface area (TPSA) is 113 Å². The Hall–Kier alpha value is -2.76. The molecule has 1 aliphatic heterocycles. The van der Waals surface area contributed by atoms with Crippen molar-refractivity contribution in [2.24, 2.45) is 7.05 Å². The Bertz CT molecular complexity index is 1320. The number of aromatic nitrogens is 4. The Morgan fingerprint density at radius 3 is 2.40 bits per heavy atom. The summed E-state index contributed by atoms with van der Waals surface area (Å²) in [5, 5.41) is 4.45. The zero-order valence-electron chi connectivity index (χ0n) is 21.5. The Balaban J connectivity index is 0.00000167. The molecule has 1 fully saturated rings. The molecule has 1 saturated heterocycles. The van der Waals surface area contributed by atoms with E-state index in [1.165, 1.54) is 8.99 Å². The van der Waals surface area contributed by atoms with E-state index in [2.05, 4.69) is 15.0 Å². The number of likely N-dealkylation sites (N-methyl/N-ethyl adjacent to an activating group) is 1. The standard InChI is InChI=1S/C22H30N6O4S.C2H6/c1-5-7-17-19-20(27(4)25-17)22(29)24-21(23-19)16-14-15(8-9-18(16)32-6-2)33(30,31)28-12-10-26(3)11-13-28;1-2/h8-9,14H,5-7,10-13H2,1-4H3,(H,23,24,29);1-2H3. The number of rotatable bonds is 7. The first kappa shape index (κ1) is 26.8. The number of H-pyrrole nitrogens is 1. The van der Waals surface area contributed by atoms with Gasteiger partial charge in [0, 0.05) is 33.2 Å². The molecule has 0 unspecified atom stereocenters. The van der Waals surface area contributed by atoms with E-state index in [9.17, 15) is 13.2 Å². The van der Waals surface area contributed by atoms with Gasteiger partial charge >= 0.3 is 0 Å². The summed E-state index contributed by atoms with van der Waals surface area (Å²) in [6.07, 6.45) is 1.54. The zero-order chi connectivity index (χ0) is 25.8. The van der Waals surface area contributed by atoms with Crippen LogP contribution in [0.2, 0.25) is 0 Å². The van der Waals surface area contributed by atoms with Crippen LogP contribution in [-0.4, -0.2) is 77.2 Å². The van der Waals surface area contributed by atoms with Gasteiger partial charge in [-0.05, 0) is 38.6 Å². The van der Waals surface area contributed by atoms with Gasteiger partial charge in [0.15, 0.2) is 5.52 Å². The van der Waals surface area contributed by atoms with E-state index in [0.29, 0.717) is 61.6 Å². The number of benzene rings is 1. The van der Waals surface area contributed by atoms with Gasteiger partial charge < -0.3 is 14.6 Å². The minimum Gasteiger partial charge on any atom is -0.493 e. The monoisotopic (exact) mass is 504 g/mol. The van der Waals surface area contributed by atoms with Gasteiger partial charge in [-0.2, -0.15) is 9.40 Å². The molecule has 0 saturated carbocycles. The molecule has 35 heavy (non-hydrogen) atoms. The lowest BCUT2D eigenvalue weighted by molar-refractivity contribution is 0.222. The Labute approximate surface area is 207 Å². The van der Waals surface area contributed by atoms with E-state index in [1.54, 1.807) is 25.2 Å². The van der Waals surface area contributed by atoms with Crippen LogP contribution in [0.25, 0.3) is 22.4 Å². The number of nitrogens with zero attached hydrogens (tertiary/aromatic N) is 5. The van der Waals surface area contributed by atoms with Crippen molar-refractivity contribution in [3.63, 3.8) is 0 Å². The van der Waals surface area contributed by atoms with Crippen molar-refractivity contribution in [3.8, 4) is 17.1 Å². The molecule has 0 bridgehead atoms. The minimum atomic E-state index is -3.70. The van der Waals surface area contributed by atoms with E-state index in [0.717, 1.165) is 12.1 Å². The van der Waals surface area contributed by atoms with Crippen molar-refractivity contribution in [2.45, 2.75) is 45.4 Å². The van der Waals surface area contributed by atoms with E-state index in [-0.39, 0.29) is 16.3 Å². The second kappa shape index (κ2) is 11.3. The molecular weight excluding hydrogens is 468 g/mol. The Kier molecular flexibility index (Phi) is 8.68. The maximum atomic E-state index is 13.3. The van der Waals surface area contributed by atoms with Crippen molar-refractivity contribution in [3.05, 3.63) is 34.2 Å². The maximum Gasteiger partial charge on any atom is 0.277 e. The SMILES string of the molecule is CC.CCCc1nn(C)c2c(=O)[nH]c(-c3cc(S(=O)(=O)N4CCN(C)CC4)ccc3OCC)nc12. The molecule has 2 aromatic heterocycles. The number of hydrogen-bond acceptors (Lipinski definition) is 7. The van der Waals surface area contributed by atoms with Crippen molar-refractivity contribution in [1.82, 2.24) is 29.0 Å². The van der Waals surface area contributed by atoms with Crippen LogP contribution in [0.1, 0.15) is 39.8 Å². The number of fused-ring (bicyclic) bond motifs is 1. The summed E-state index contributed by atoms with van der Waals surface area (Å²) in [4.78, 5) is 22.7. The molecule has 1 N–H and O–H groups in total. The van der Waals surface area contributed by atoms with Gasteiger partial charge in [-0.25, -0.2) is 13.4 Å². The lowest BCUT2D eigenvalue weighted by Crippen LogP contribution is -2.47. The van der Waals surface area contributed by atoms with Crippen molar-refractivity contribution >= 4 is 21.1 Å². The molecule has 192 valence electrons. The number of nitrogens with one attached hydrogen (secondary N) is 1. The fourth-order valence-corrected chi connectivity index (χ4v) is 5.54. The summed E-state index contributed by atoms with van der Waals surface area (Å²) in [5.74, 6) is 0.718. The van der Waals surface area contributed by atoms with Crippen LogP contribution in [0.5, 0.6) is 5.75 Å². The normalized spacial score (nSPS) is 15.1. The molecule has 0 aliphatic carbocycles. The van der Waals surface area contributed by atoms with E-state index < -0.39 is 10.0 Å². The van der Waals surface area contributed by atoms with E-state index in [4.69, 9.17) is 9.72 Å². The quantitative estimate of drug-likeness (QED) is 0.526.